The van der Waals surface area contributed by atoms with Gasteiger partial charge in [0.1, 0.15) is 23.9 Å². The molecule has 1 aromatic carbocycles. The number of likely N-dealkylation sites (tertiary alicyclic amines) is 1. The van der Waals surface area contributed by atoms with Gasteiger partial charge in [-0.2, -0.15) is 12.6 Å². The van der Waals surface area contributed by atoms with Gasteiger partial charge in [-0.15, -0.1) is 0 Å². The number of aliphatic hydroxyl groups excluding tert-OH is 1. The number of amides is 3. The van der Waals surface area contributed by atoms with E-state index in [9.17, 15) is 34.5 Å². The first-order valence-electron chi connectivity index (χ1n) is 10.1. The third-order valence-electron chi connectivity index (χ3n) is 5.16. The Hall–Kier alpha value is -2.83. The second-order valence-corrected chi connectivity index (χ2v) is 7.86. The van der Waals surface area contributed by atoms with Gasteiger partial charge in [0.2, 0.25) is 17.7 Å². The summed E-state index contributed by atoms with van der Waals surface area (Å²) in [7, 11) is 0. The number of hydrogen-bond donors (Lipinski definition) is 7. The number of nitrogens with zero attached hydrogens (tertiary/aromatic N) is 1. The van der Waals surface area contributed by atoms with Crippen molar-refractivity contribution in [2.75, 3.05) is 18.9 Å². The van der Waals surface area contributed by atoms with E-state index in [1.807, 2.05) is 0 Å². The van der Waals surface area contributed by atoms with Crippen molar-refractivity contribution >= 4 is 36.3 Å². The number of aliphatic carboxylic acids is 1. The maximum atomic E-state index is 13.2. The SMILES string of the molecule is NC(CS)C(=O)NC(CO)C(=O)NC(Cc1ccc(O)cc1)C(=O)N1CCCC1C(=O)O. The number of carbonyl (C=O) groups excluding carboxylic acids is 3. The topological polar surface area (TPSA) is 182 Å². The van der Waals surface area contributed by atoms with Crippen LogP contribution in [0.4, 0.5) is 0 Å². The fraction of sp³-hybridized carbons (Fsp3) is 0.500. The minimum Gasteiger partial charge on any atom is -0.508 e. The Labute approximate surface area is 190 Å². The Morgan fingerprint density at radius 2 is 1.75 bits per heavy atom. The molecule has 1 saturated heterocycles. The number of rotatable bonds is 10. The van der Waals surface area contributed by atoms with Gasteiger partial charge in [0.25, 0.3) is 0 Å². The van der Waals surface area contributed by atoms with Crippen molar-refractivity contribution in [3.8, 4) is 5.75 Å². The Morgan fingerprint density at radius 1 is 1.12 bits per heavy atom. The number of nitrogens with one attached hydrogen (secondary N) is 2. The maximum Gasteiger partial charge on any atom is 0.326 e. The van der Waals surface area contributed by atoms with Gasteiger partial charge >= 0.3 is 5.97 Å². The highest BCUT2D eigenvalue weighted by Gasteiger charge is 2.38. The molecule has 0 saturated carbocycles. The maximum absolute atomic E-state index is 13.2. The zero-order valence-corrected chi connectivity index (χ0v) is 18.2. The van der Waals surface area contributed by atoms with Gasteiger partial charge in [0.05, 0.1) is 12.6 Å². The molecule has 0 bridgehead atoms. The Balaban J connectivity index is 2.22. The largest absolute Gasteiger partial charge is 0.508 e. The van der Waals surface area contributed by atoms with Crippen LogP contribution in [0.15, 0.2) is 24.3 Å². The zero-order valence-electron chi connectivity index (χ0n) is 17.3. The molecule has 4 atom stereocenters. The molecule has 0 aliphatic carbocycles. The van der Waals surface area contributed by atoms with E-state index in [1.54, 1.807) is 12.1 Å². The van der Waals surface area contributed by atoms with Gasteiger partial charge in [0, 0.05) is 18.7 Å². The number of aliphatic hydroxyl groups is 1. The second kappa shape index (κ2) is 11.7. The van der Waals surface area contributed by atoms with E-state index in [0.29, 0.717) is 18.4 Å². The number of carboxylic acid groups (broad SMARTS) is 1. The highest BCUT2D eigenvalue weighted by atomic mass is 32.1. The van der Waals surface area contributed by atoms with E-state index >= 15 is 0 Å². The van der Waals surface area contributed by atoms with Crippen molar-refractivity contribution in [3.05, 3.63) is 29.8 Å². The lowest BCUT2D eigenvalue weighted by Gasteiger charge is -2.28. The summed E-state index contributed by atoms with van der Waals surface area (Å²) in [6.45, 7) is -0.507. The Kier molecular flexibility index (Phi) is 9.29. The van der Waals surface area contributed by atoms with Gasteiger partial charge in [-0.1, -0.05) is 12.1 Å². The molecule has 1 aromatic rings. The second-order valence-electron chi connectivity index (χ2n) is 7.49. The summed E-state index contributed by atoms with van der Waals surface area (Å²) >= 11 is 3.91. The number of aromatic hydroxyl groups is 1. The van der Waals surface area contributed by atoms with Crippen LogP contribution >= 0.6 is 12.6 Å². The highest BCUT2D eigenvalue weighted by Crippen LogP contribution is 2.20. The van der Waals surface area contributed by atoms with E-state index in [1.165, 1.54) is 17.0 Å². The number of thiol groups is 1. The van der Waals surface area contributed by atoms with E-state index in [0.717, 1.165) is 0 Å². The van der Waals surface area contributed by atoms with Crippen LogP contribution in [0.3, 0.4) is 0 Å². The van der Waals surface area contributed by atoms with E-state index < -0.39 is 54.5 Å². The molecule has 0 aromatic heterocycles. The van der Waals surface area contributed by atoms with Crippen LogP contribution in [0.1, 0.15) is 18.4 Å². The van der Waals surface area contributed by atoms with E-state index in [2.05, 4.69) is 23.3 Å². The van der Waals surface area contributed by atoms with Gasteiger partial charge in [-0.25, -0.2) is 4.79 Å². The number of carbonyl (C=O) groups is 4. The smallest absolute Gasteiger partial charge is 0.326 e. The summed E-state index contributed by atoms with van der Waals surface area (Å²) in [6.07, 6.45) is 0.827. The van der Waals surface area contributed by atoms with Crippen LogP contribution < -0.4 is 16.4 Å². The molecule has 12 heteroatoms. The zero-order chi connectivity index (χ0) is 23.8. The van der Waals surface area contributed by atoms with Crippen molar-refractivity contribution in [1.82, 2.24) is 15.5 Å². The van der Waals surface area contributed by atoms with Crippen LogP contribution in [-0.2, 0) is 25.6 Å². The van der Waals surface area contributed by atoms with Crippen LogP contribution in [-0.4, -0.2) is 87.0 Å². The lowest BCUT2D eigenvalue weighted by molar-refractivity contribution is -0.149. The molecule has 4 unspecified atom stereocenters. The number of carboxylic acids is 1. The molecule has 1 fully saturated rings. The van der Waals surface area contributed by atoms with Crippen molar-refractivity contribution < 1.29 is 34.5 Å². The fourth-order valence-corrected chi connectivity index (χ4v) is 3.55. The van der Waals surface area contributed by atoms with Crippen LogP contribution in [0, 0.1) is 0 Å². The molecule has 7 N–H and O–H groups in total. The van der Waals surface area contributed by atoms with Gasteiger partial charge in [-0.3, -0.25) is 14.4 Å². The van der Waals surface area contributed by atoms with Crippen LogP contribution in [0.2, 0.25) is 0 Å². The normalized spacial score (nSPS) is 18.5. The number of benzene rings is 1. The molecule has 1 aliphatic heterocycles. The number of phenolic OH excluding ortho intramolecular Hbond substituents is 1. The Bertz CT molecular complexity index is 836. The Morgan fingerprint density at radius 3 is 2.31 bits per heavy atom. The molecule has 176 valence electrons. The van der Waals surface area contributed by atoms with Crippen molar-refractivity contribution in [2.45, 2.75) is 43.4 Å². The molecule has 2 rings (SSSR count). The molecule has 1 aliphatic rings. The number of hydrogen-bond acceptors (Lipinski definition) is 8. The third kappa shape index (κ3) is 6.58. The first-order valence-corrected chi connectivity index (χ1v) is 10.7. The first-order chi connectivity index (χ1) is 15.2. The lowest BCUT2D eigenvalue weighted by Crippen LogP contribution is -2.58. The highest BCUT2D eigenvalue weighted by molar-refractivity contribution is 7.80. The molecular weight excluding hydrogens is 440 g/mol. The molecule has 0 radical (unpaired) electrons. The van der Waals surface area contributed by atoms with Crippen LogP contribution in [0.5, 0.6) is 5.75 Å². The molecular formula is C20H28N4O7S. The van der Waals surface area contributed by atoms with Crippen molar-refractivity contribution in [1.29, 1.82) is 0 Å². The predicted molar refractivity (Wildman–Crippen MR) is 117 cm³/mol. The van der Waals surface area contributed by atoms with Gasteiger partial charge in [0.15, 0.2) is 0 Å². The molecule has 1 heterocycles. The summed E-state index contributed by atoms with van der Waals surface area (Å²) in [5, 5.41) is 33.3. The molecule has 0 spiro atoms. The van der Waals surface area contributed by atoms with Crippen molar-refractivity contribution in [2.24, 2.45) is 5.73 Å². The molecule has 3 amide bonds. The fourth-order valence-electron chi connectivity index (χ4n) is 3.38. The molecule has 11 nitrogen and oxygen atoms in total. The monoisotopic (exact) mass is 468 g/mol. The standard InChI is InChI=1S/C20H28N4O7S/c21-13(10-32)17(27)23-15(9-25)18(28)22-14(8-11-3-5-12(26)6-4-11)19(29)24-7-1-2-16(24)20(30)31/h3-6,13-16,25-26,32H,1-2,7-10,21H2,(H,22,28)(H,23,27)(H,30,31). The van der Waals surface area contributed by atoms with Gasteiger partial charge < -0.3 is 36.6 Å². The molecule has 32 heavy (non-hydrogen) atoms. The third-order valence-corrected chi connectivity index (χ3v) is 5.55. The number of phenols is 1. The average Bonchev–Trinajstić information content (AvgIpc) is 3.27. The van der Waals surface area contributed by atoms with E-state index in [-0.39, 0.29) is 24.5 Å². The van der Waals surface area contributed by atoms with Gasteiger partial charge in [-0.05, 0) is 30.5 Å². The predicted octanol–water partition coefficient (Wildman–Crippen LogP) is -1.77. The summed E-state index contributed by atoms with van der Waals surface area (Å²) < 4.78 is 0. The summed E-state index contributed by atoms with van der Waals surface area (Å²) in [5.74, 6) is -3.19. The minimum atomic E-state index is -1.36. The summed E-state index contributed by atoms with van der Waals surface area (Å²) in [4.78, 5) is 50.6. The quantitative estimate of drug-likeness (QED) is 0.197. The average molecular weight is 469 g/mol. The number of nitrogens with two attached hydrogens (primary N) is 1. The van der Waals surface area contributed by atoms with Crippen molar-refractivity contribution in [3.63, 3.8) is 0 Å². The summed E-state index contributed by atoms with van der Waals surface area (Å²) in [6, 6.07) is 1.47. The lowest BCUT2D eigenvalue weighted by atomic mass is 10.0. The van der Waals surface area contributed by atoms with Crippen LogP contribution in [0.25, 0.3) is 0 Å². The van der Waals surface area contributed by atoms with E-state index in [4.69, 9.17) is 5.73 Å². The first kappa shape index (κ1) is 25.4. The summed E-state index contributed by atoms with van der Waals surface area (Å²) in [5.41, 5.74) is 6.18. The minimum absolute atomic E-state index is 0.00986.